The molecule has 0 radical (unpaired) electrons. The highest BCUT2D eigenvalue weighted by Gasteiger charge is 2.27. The number of amides is 2. The Hall–Kier alpha value is -1.34. The Bertz CT molecular complexity index is 517. The fraction of sp³-hybridized carbons (Fsp3) is 0.571. The number of hydrogen-bond acceptors (Lipinski definition) is 4. The Balaban J connectivity index is 1.96. The molecule has 1 unspecified atom stereocenters. The summed E-state index contributed by atoms with van der Waals surface area (Å²) in [7, 11) is 1.60. The predicted molar refractivity (Wildman–Crippen MR) is 81.8 cm³/mol. The van der Waals surface area contributed by atoms with Crippen molar-refractivity contribution in [1.29, 1.82) is 0 Å². The lowest BCUT2D eigenvalue weighted by molar-refractivity contribution is -0.135. The van der Waals surface area contributed by atoms with E-state index in [1.165, 1.54) is 4.90 Å². The number of halogens is 1. The van der Waals surface area contributed by atoms with Crippen molar-refractivity contribution in [3.05, 3.63) is 22.6 Å². The molecule has 1 saturated heterocycles. The summed E-state index contributed by atoms with van der Waals surface area (Å²) in [5.41, 5.74) is 5.72. The average molecular weight is 358 g/mol. The molecule has 1 aliphatic heterocycles. The summed E-state index contributed by atoms with van der Waals surface area (Å²) in [6, 6.07) is 3.32. The highest BCUT2D eigenvalue weighted by Crippen LogP contribution is 2.18. The summed E-state index contributed by atoms with van der Waals surface area (Å²) >= 11 is 3.15. The summed E-state index contributed by atoms with van der Waals surface area (Å²) in [6.07, 6.45) is 3.02. The molecule has 0 aliphatic carbocycles. The van der Waals surface area contributed by atoms with Gasteiger partial charge in [-0.05, 0) is 47.3 Å². The maximum atomic E-state index is 12.4. The van der Waals surface area contributed by atoms with E-state index < -0.39 is 0 Å². The van der Waals surface area contributed by atoms with E-state index in [1.807, 2.05) is 0 Å². The van der Waals surface area contributed by atoms with Gasteiger partial charge in [0.15, 0.2) is 10.4 Å². The minimum atomic E-state index is -0.310. The van der Waals surface area contributed by atoms with E-state index >= 15 is 0 Å². The van der Waals surface area contributed by atoms with Crippen molar-refractivity contribution >= 4 is 27.7 Å². The molecular weight excluding hydrogens is 338 g/mol. The molecule has 2 rings (SSSR count). The zero-order valence-corrected chi connectivity index (χ0v) is 13.6. The predicted octanol–water partition coefficient (Wildman–Crippen LogP) is 1.45. The maximum Gasteiger partial charge on any atom is 0.289 e. The first-order chi connectivity index (χ1) is 10.0. The Morgan fingerprint density at radius 1 is 1.48 bits per heavy atom. The molecule has 7 heteroatoms. The normalized spacial score (nSPS) is 18.6. The Kier molecular flexibility index (Phi) is 5.41. The van der Waals surface area contributed by atoms with E-state index in [-0.39, 0.29) is 30.2 Å². The van der Waals surface area contributed by atoms with Gasteiger partial charge in [0.1, 0.15) is 0 Å². The molecule has 116 valence electrons. The third-order valence-electron chi connectivity index (χ3n) is 3.72. The van der Waals surface area contributed by atoms with E-state index in [1.54, 1.807) is 24.1 Å². The number of furan rings is 1. The molecule has 1 atom stereocenters. The zero-order valence-electron chi connectivity index (χ0n) is 12.0. The first kappa shape index (κ1) is 16.0. The summed E-state index contributed by atoms with van der Waals surface area (Å²) in [4.78, 5) is 27.7. The lowest BCUT2D eigenvalue weighted by Crippen LogP contribution is -2.50. The number of piperidine rings is 1. The van der Waals surface area contributed by atoms with Gasteiger partial charge in [-0.15, -0.1) is 0 Å². The molecule has 0 spiro atoms. The summed E-state index contributed by atoms with van der Waals surface area (Å²) in [5, 5.41) is 0. The largest absolute Gasteiger partial charge is 0.444 e. The first-order valence-corrected chi connectivity index (χ1v) is 7.82. The zero-order chi connectivity index (χ0) is 15.4. The molecule has 0 aromatic carbocycles. The van der Waals surface area contributed by atoms with Crippen LogP contribution in [0, 0.1) is 0 Å². The third-order valence-corrected chi connectivity index (χ3v) is 4.15. The van der Waals surface area contributed by atoms with Crippen molar-refractivity contribution in [3.63, 3.8) is 0 Å². The number of nitrogens with two attached hydrogens (primary N) is 1. The van der Waals surface area contributed by atoms with E-state index in [9.17, 15) is 9.59 Å². The van der Waals surface area contributed by atoms with Crippen LogP contribution in [-0.4, -0.2) is 54.3 Å². The van der Waals surface area contributed by atoms with Crippen molar-refractivity contribution in [2.75, 3.05) is 26.7 Å². The second kappa shape index (κ2) is 7.09. The fourth-order valence-electron chi connectivity index (χ4n) is 2.56. The van der Waals surface area contributed by atoms with Gasteiger partial charge in [0.05, 0.1) is 6.54 Å². The van der Waals surface area contributed by atoms with E-state index in [4.69, 9.17) is 10.2 Å². The van der Waals surface area contributed by atoms with Crippen LogP contribution < -0.4 is 5.73 Å². The standard InChI is InChI=1S/C14H20BrN3O3/c1-17(14(20)11-5-6-12(15)21-11)9-13(19)18-7-3-2-4-10(18)8-16/h5-6,10H,2-4,7-9,16H2,1H3. The topological polar surface area (TPSA) is 79.8 Å². The van der Waals surface area contributed by atoms with Gasteiger partial charge in [-0.1, -0.05) is 0 Å². The minimum absolute atomic E-state index is 0.0354. The minimum Gasteiger partial charge on any atom is -0.444 e. The molecule has 1 aromatic rings. The van der Waals surface area contributed by atoms with Crippen LogP contribution in [0.3, 0.4) is 0 Å². The molecule has 0 bridgehead atoms. The number of nitrogens with zero attached hydrogens (tertiary/aromatic N) is 2. The van der Waals surface area contributed by atoms with Crippen LogP contribution in [0.15, 0.2) is 21.2 Å². The quantitative estimate of drug-likeness (QED) is 0.884. The molecule has 2 N–H and O–H groups in total. The molecule has 1 aromatic heterocycles. The highest BCUT2D eigenvalue weighted by atomic mass is 79.9. The summed E-state index contributed by atoms with van der Waals surface area (Å²) in [6.45, 7) is 1.22. The van der Waals surface area contributed by atoms with E-state index in [0.717, 1.165) is 25.8 Å². The first-order valence-electron chi connectivity index (χ1n) is 7.03. The van der Waals surface area contributed by atoms with Crippen molar-refractivity contribution < 1.29 is 14.0 Å². The number of carbonyl (C=O) groups is 2. The molecule has 1 fully saturated rings. The second-order valence-electron chi connectivity index (χ2n) is 5.24. The van der Waals surface area contributed by atoms with Crippen LogP contribution in [0.4, 0.5) is 0 Å². The van der Waals surface area contributed by atoms with Gasteiger partial charge in [0, 0.05) is 26.2 Å². The second-order valence-corrected chi connectivity index (χ2v) is 6.02. The molecule has 6 nitrogen and oxygen atoms in total. The molecule has 21 heavy (non-hydrogen) atoms. The number of rotatable bonds is 4. The number of likely N-dealkylation sites (tertiary alicyclic amines) is 1. The molecule has 1 aliphatic rings. The van der Waals surface area contributed by atoms with Crippen LogP contribution in [0.25, 0.3) is 0 Å². The molecule has 0 saturated carbocycles. The van der Waals surface area contributed by atoms with Crippen LogP contribution in [0.2, 0.25) is 0 Å². The summed E-state index contributed by atoms with van der Waals surface area (Å²) < 4.78 is 5.71. The van der Waals surface area contributed by atoms with Crippen molar-refractivity contribution in [2.24, 2.45) is 5.73 Å². The van der Waals surface area contributed by atoms with Gasteiger partial charge in [0.25, 0.3) is 5.91 Å². The Labute approximate surface area is 132 Å². The van der Waals surface area contributed by atoms with Crippen molar-refractivity contribution in [3.8, 4) is 0 Å². The van der Waals surface area contributed by atoms with Crippen LogP contribution >= 0.6 is 15.9 Å². The summed E-state index contributed by atoms with van der Waals surface area (Å²) in [5.74, 6) is -0.159. The highest BCUT2D eigenvalue weighted by molar-refractivity contribution is 9.10. The van der Waals surface area contributed by atoms with Crippen LogP contribution in [-0.2, 0) is 4.79 Å². The van der Waals surface area contributed by atoms with Crippen molar-refractivity contribution in [1.82, 2.24) is 9.80 Å². The molecular formula is C14H20BrN3O3. The number of carbonyl (C=O) groups excluding carboxylic acids is 2. The lowest BCUT2D eigenvalue weighted by Gasteiger charge is -2.36. The van der Waals surface area contributed by atoms with Gasteiger partial charge in [0.2, 0.25) is 5.91 Å². The van der Waals surface area contributed by atoms with Crippen LogP contribution in [0.1, 0.15) is 29.8 Å². The van der Waals surface area contributed by atoms with E-state index in [0.29, 0.717) is 11.2 Å². The fourth-order valence-corrected chi connectivity index (χ4v) is 2.86. The molecule has 2 amide bonds. The van der Waals surface area contributed by atoms with Gasteiger partial charge in [-0.3, -0.25) is 9.59 Å². The smallest absolute Gasteiger partial charge is 0.289 e. The third kappa shape index (κ3) is 3.85. The Morgan fingerprint density at radius 3 is 2.86 bits per heavy atom. The average Bonchev–Trinajstić information content (AvgIpc) is 2.92. The monoisotopic (exact) mass is 357 g/mol. The Morgan fingerprint density at radius 2 is 2.24 bits per heavy atom. The van der Waals surface area contributed by atoms with E-state index in [2.05, 4.69) is 15.9 Å². The van der Waals surface area contributed by atoms with Gasteiger partial charge < -0.3 is 20.0 Å². The molecule has 2 heterocycles. The number of likely N-dealkylation sites (N-methyl/N-ethyl adjacent to an activating group) is 1. The maximum absolute atomic E-state index is 12.4. The van der Waals surface area contributed by atoms with Crippen molar-refractivity contribution in [2.45, 2.75) is 25.3 Å². The lowest BCUT2D eigenvalue weighted by atomic mass is 10.0. The number of hydrogen-bond donors (Lipinski definition) is 1. The van der Waals surface area contributed by atoms with Gasteiger partial charge >= 0.3 is 0 Å². The van der Waals surface area contributed by atoms with Gasteiger partial charge in [-0.2, -0.15) is 0 Å². The SMILES string of the molecule is CN(CC(=O)N1CCCCC1CN)C(=O)c1ccc(Br)o1. The van der Waals surface area contributed by atoms with Crippen LogP contribution in [0.5, 0.6) is 0 Å². The van der Waals surface area contributed by atoms with Gasteiger partial charge in [-0.25, -0.2) is 0 Å².